The Bertz CT molecular complexity index is 1100. The van der Waals surface area contributed by atoms with Gasteiger partial charge in [-0.05, 0) is 74.5 Å². The van der Waals surface area contributed by atoms with Crippen molar-refractivity contribution in [2.45, 2.75) is 120 Å². The maximum absolute atomic E-state index is 14.0. The summed E-state index contributed by atoms with van der Waals surface area (Å²) in [6, 6.07) is 0. The third kappa shape index (κ3) is 4.83. The molecule has 15 atom stereocenters. The lowest BCUT2D eigenvalue weighted by Gasteiger charge is -2.64. The van der Waals surface area contributed by atoms with Crippen molar-refractivity contribution in [3.8, 4) is 0 Å². The third-order valence-electron chi connectivity index (χ3n) is 12.5. The van der Waals surface area contributed by atoms with Gasteiger partial charge in [-0.3, -0.25) is 4.79 Å². The maximum atomic E-state index is 14.0. The summed E-state index contributed by atoms with van der Waals surface area (Å²) in [6.45, 7) is 6.91. The van der Waals surface area contributed by atoms with Crippen LogP contribution in [0.15, 0.2) is 12.2 Å². The normalized spacial score (nSPS) is 54.6. The second kappa shape index (κ2) is 11.0. The van der Waals surface area contributed by atoms with Crippen molar-refractivity contribution in [1.29, 1.82) is 0 Å². The molecule has 6 rings (SSSR count). The standard InChI is InChI=1S/C31H48O12/c1-15-10-30-8-5-19-28(2,20(30)9-17(33)16(15)11-30)6-4-7-29(19,3)27(38)43-25-23(36)22(35)21(34)18(42-25)12-40-26-24(37)31(39,13-32)14-41-26/h16-26,32-37,39H,1,4-14H2,2-3H3. The van der Waals surface area contributed by atoms with Gasteiger partial charge in [0.15, 0.2) is 6.29 Å². The van der Waals surface area contributed by atoms with Crippen LogP contribution in [0.5, 0.6) is 0 Å². The van der Waals surface area contributed by atoms with Crippen LogP contribution in [-0.4, -0.2) is 116 Å². The Hall–Kier alpha value is -1.19. The van der Waals surface area contributed by atoms with E-state index in [4.69, 9.17) is 18.9 Å². The molecule has 2 bridgehead atoms. The largest absolute Gasteiger partial charge is 0.432 e. The summed E-state index contributed by atoms with van der Waals surface area (Å²) in [5.41, 5.74) is -1.74. The van der Waals surface area contributed by atoms with Crippen LogP contribution < -0.4 is 0 Å². The Morgan fingerprint density at radius 1 is 1.02 bits per heavy atom. The van der Waals surface area contributed by atoms with Crippen LogP contribution in [0.25, 0.3) is 0 Å². The van der Waals surface area contributed by atoms with Gasteiger partial charge in [0, 0.05) is 5.92 Å². The number of carbonyl (C=O) groups is 1. The van der Waals surface area contributed by atoms with E-state index < -0.39 is 79.4 Å². The van der Waals surface area contributed by atoms with Gasteiger partial charge in [0.2, 0.25) is 6.29 Å². The van der Waals surface area contributed by atoms with Crippen molar-refractivity contribution in [2.24, 2.45) is 34.0 Å². The number of aliphatic hydroxyl groups excluding tert-OH is 6. The Morgan fingerprint density at radius 2 is 1.77 bits per heavy atom. The predicted molar refractivity (Wildman–Crippen MR) is 148 cm³/mol. The molecular weight excluding hydrogens is 564 g/mol. The molecule has 0 aromatic heterocycles. The van der Waals surface area contributed by atoms with E-state index in [9.17, 15) is 40.5 Å². The quantitative estimate of drug-likeness (QED) is 0.154. The van der Waals surface area contributed by atoms with Crippen molar-refractivity contribution in [3.05, 3.63) is 12.2 Å². The first-order valence-electron chi connectivity index (χ1n) is 15.7. The number of fused-ring (bicyclic) bond motifs is 3. The van der Waals surface area contributed by atoms with E-state index in [1.807, 2.05) is 6.92 Å². The average molecular weight is 613 g/mol. The molecule has 4 saturated carbocycles. The zero-order chi connectivity index (χ0) is 31.1. The van der Waals surface area contributed by atoms with E-state index in [0.29, 0.717) is 12.8 Å². The minimum Gasteiger partial charge on any atom is -0.432 e. The highest BCUT2D eigenvalue weighted by Gasteiger charge is 2.67. The molecule has 244 valence electrons. The lowest BCUT2D eigenvalue weighted by Crippen LogP contribution is -2.62. The van der Waals surface area contributed by atoms with Gasteiger partial charge in [-0.25, -0.2) is 0 Å². The van der Waals surface area contributed by atoms with Crippen LogP contribution in [0.4, 0.5) is 0 Å². The summed E-state index contributed by atoms with van der Waals surface area (Å²) >= 11 is 0. The summed E-state index contributed by atoms with van der Waals surface area (Å²) in [4.78, 5) is 14.0. The first-order valence-corrected chi connectivity index (χ1v) is 15.7. The van der Waals surface area contributed by atoms with Crippen LogP contribution in [0, 0.1) is 34.0 Å². The molecule has 6 aliphatic rings. The summed E-state index contributed by atoms with van der Waals surface area (Å²) in [7, 11) is 0. The number of hydrogen-bond donors (Lipinski definition) is 7. The van der Waals surface area contributed by atoms with Crippen molar-refractivity contribution >= 4 is 5.97 Å². The van der Waals surface area contributed by atoms with E-state index >= 15 is 0 Å². The Kier molecular flexibility index (Phi) is 8.10. The molecule has 0 aromatic carbocycles. The molecule has 12 heteroatoms. The summed E-state index contributed by atoms with van der Waals surface area (Å²) in [5, 5.41) is 72.7. The molecular formula is C31H48O12. The average Bonchev–Trinajstić information content (AvgIpc) is 3.42. The van der Waals surface area contributed by atoms with E-state index in [0.717, 1.165) is 44.1 Å². The molecule has 0 amide bonds. The topological polar surface area (TPSA) is 196 Å². The highest BCUT2D eigenvalue weighted by molar-refractivity contribution is 5.77. The van der Waals surface area contributed by atoms with Crippen LogP contribution in [0.2, 0.25) is 0 Å². The van der Waals surface area contributed by atoms with E-state index in [2.05, 4.69) is 13.5 Å². The highest BCUT2D eigenvalue weighted by Crippen LogP contribution is 2.72. The minimum absolute atomic E-state index is 0.0175. The van der Waals surface area contributed by atoms with E-state index in [1.54, 1.807) is 0 Å². The fourth-order valence-electron chi connectivity index (χ4n) is 10.1. The van der Waals surface area contributed by atoms with Gasteiger partial charge in [-0.1, -0.05) is 25.5 Å². The Morgan fingerprint density at radius 3 is 2.47 bits per heavy atom. The van der Waals surface area contributed by atoms with Crippen LogP contribution in [0.1, 0.15) is 65.2 Å². The lowest BCUT2D eigenvalue weighted by molar-refractivity contribution is -0.306. The SMILES string of the molecule is C=C1CC23CCC4C(C)(C(=O)OC5OC(COC6OCC(O)(CO)C6O)C(O)C(O)C5O)CCCC4(C)C2CC(O)C1C3. The number of rotatable bonds is 6. The van der Waals surface area contributed by atoms with Gasteiger partial charge in [0.05, 0.1) is 31.3 Å². The first kappa shape index (κ1) is 31.8. The molecule has 12 nitrogen and oxygen atoms in total. The maximum Gasteiger partial charge on any atom is 0.314 e. The van der Waals surface area contributed by atoms with Crippen LogP contribution in [-0.2, 0) is 23.7 Å². The molecule has 2 aliphatic heterocycles. The smallest absolute Gasteiger partial charge is 0.314 e. The molecule has 0 radical (unpaired) electrons. The zero-order valence-electron chi connectivity index (χ0n) is 25.0. The van der Waals surface area contributed by atoms with Crippen LogP contribution >= 0.6 is 0 Å². The second-order valence-corrected chi connectivity index (χ2v) is 14.9. The fourth-order valence-corrected chi connectivity index (χ4v) is 10.1. The van der Waals surface area contributed by atoms with Gasteiger partial charge in [0.25, 0.3) is 0 Å². The van der Waals surface area contributed by atoms with Gasteiger partial charge in [0.1, 0.15) is 36.1 Å². The predicted octanol–water partition coefficient (Wildman–Crippen LogP) is -0.266. The number of aliphatic hydroxyl groups is 7. The molecule has 2 heterocycles. The highest BCUT2D eigenvalue weighted by atomic mass is 16.7. The molecule has 1 spiro atoms. The molecule has 2 saturated heterocycles. The number of ether oxygens (including phenoxy) is 4. The molecule has 7 N–H and O–H groups in total. The minimum atomic E-state index is -1.91. The molecule has 0 aromatic rings. The number of carbonyl (C=O) groups excluding carboxylic acids is 1. The van der Waals surface area contributed by atoms with E-state index in [1.165, 1.54) is 0 Å². The molecule has 43 heavy (non-hydrogen) atoms. The van der Waals surface area contributed by atoms with Crippen molar-refractivity contribution < 1.29 is 59.5 Å². The Labute approximate surface area is 251 Å². The lowest BCUT2D eigenvalue weighted by atomic mass is 9.41. The second-order valence-electron chi connectivity index (χ2n) is 14.9. The fraction of sp³-hybridized carbons (Fsp3) is 0.903. The molecule has 4 aliphatic carbocycles. The summed E-state index contributed by atoms with van der Waals surface area (Å²) < 4.78 is 22.3. The van der Waals surface area contributed by atoms with Crippen molar-refractivity contribution in [1.82, 2.24) is 0 Å². The van der Waals surface area contributed by atoms with Gasteiger partial charge < -0.3 is 54.7 Å². The van der Waals surface area contributed by atoms with Gasteiger partial charge in [-0.15, -0.1) is 0 Å². The molecule has 15 unspecified atom stereocenters. The van der Waals surface area contributed by atoms with E-state index in [-0.39, 0.29) is 35.2 Å². The zero-order valence-corrected chi connectivity index (χ0v) is 25.0. The Balaban J connectivity index is 1.16. The monoisotopic (exact) mass is 612 g/mol. The summed E-state index contributed by atoms with van der Waals surface area (Å²) in [5.74, 6) is -0.150. The third-order valence-corrected chi connectivity index (χ3v) is 12.5. The number of esters is 1. The van der Waals surface area contributed by atoms with Crippen molar-refractivity contribution in [2.75, 3.05) is 19.8 Å². The van der Waals surface area contributed by atoms with Gasteiger partial charge >= 0.3 is 5.97 Å². The summed E-state index contributed by atoms with van der Waals surface area (Å²) in [6.07, 6.45) is -4.49. The first-order chi connectivity index (χ1) is 20.2. The van der Waals surface area contributed by atoms with Crippen LogP contribution in [0.3, 0.4) is 0 Å². The van der Waals surface area contributed by atoms with Crippen molar-refractivity contribution in [3.63, 3.8) is 0 Å². The number of hydrogen-bond acceptors (Lipinski definition) is 12. The molecule has 6 fully saturated rings. The van der Waals surface area contributed by atoms with Gasteiger partial charge in [-0.2, -0.15) is 0 Å².